The highest BCUT2D eigenvalue weighted by Gasteiger charge is 2.52. The maximum absolute atomic E-state index is 12.2. The number of carbonyl (C=O) groups is 4. The predicted molar refractivity (Wildman–Crippen MR) is 143 cm³/mol. The van der Waals surface area contributed by atoms with Crippen molar-refractivity contribution in [1.29, 1.82) is 0 Å². The van der Waals surface area contributed by atoms with E-state index in [0.717, 1.165) is 32.8 Å². The molecule has 0 aromatic heterocycles. The van der Waals surface area contributed by atoms with Crippen LogP contribution in [-0.2, 0) is 55.9 Å². The molecule has 0 spiro atoms. The molecule has 2 aromatic rings. The number of aliphatic hydroxyl groups excluding tert-OH is 2. The number of carbonyl (C=O) groups excluding carboxylic acids is 4. The van der Waals surface area contributed by atoms with Crippen LogP contribution in [0.25, 0.3) is 0 Å². The van der Waals surface area contributed by atoms with E-state index in [1.165, 1.54) is 6.92 Å². The predicted octanol–water partition coefficient (Wildman–Crippen LogP) is 2.62. The average molecular weight is 573 g/mol. The van der Waals surface area contributed by atoms with Crippen molar-refractivity contribution in [2.45, 2.75) is 84.3 Å². The molecule has 6 atom stereocenters. The molecule has 3 rings (SSSR count). The molecule has 222 valence electrons. The fourth-order valence-corrected chi connectivity index (χ4v) is 4.80. The van der Waals surface area contributed by atoms with Crippen molar-refractivity contribution in [2.75, 3.05) is 6.61 Å². The summed E-state index contributed by atoms with van der Waals surface area (Å²) in [6.07, 6.45) is -6.41. The number of hydrogen-bond donors (Lipinski definition) is 2. The largest absolute Gasteiger partial charge is 0.463 e. The number of esters is 4. The van der Waals surface area contributed by atoms with Gasteiger partial charge in [-0.3, -0.25) is 19.2 Å². The van der Waals surface area contributed by atoms with Crippen molar-refractivity contribution >= 4 is 23.9 Å². The lowest BCUT2D eigenvalue weighted by atomic mass is 9.87. The second kappa shape index (κ2) is 14.2. The quantitative estimate of drug-likeness (QED) is 0.319. The van der Waals surface area contributed by atoms with E-state index < -0.39 is 60.5 Å². The fraction of sp³-hybridized carbons (Fsp3) is 0.467. The van der Waals surface area contributed by atoms with Gasteiger partial charge in [0, 0.05) is 27.7 Å². The van der Waals surface area contributed by atoms with Gasteiger partial charge < -0.3 is 33.9 Å². The molecule has 2 N–H and O–H groups in total. The van der Waals surface area contributed by atoms with E-state index >= 15 is 0 Å². The average Bonchev–Trinajstić information content (AvgIpc) is 2.92. The molecule has 0 bridgehead atoms. The summed E-state index contributed by atoms with van der Waals surface area (Å²) in [5.41, 5.74) is 2.91. The Morgan fingerprint density at radius 2 is 1.41 bits per heavy atom. The minimum Gasteiger partial charge on any atom is -0.463 e. The van der Waals surface area contributed by atoms with E-state index in [-0.39, 0.29) is 13.2 Å². The molecule has 1 aliphatic heterocycles. The van der Waals surface area contributed by atoms with Gasteiger partial charge in [0.1, 0.15) is 24.9 Å². The van der Waals surface area contributed by atoms with Gasteiger partial charge in [-0.05, 0) is 40.3 Å². The van der Waals surface area contributed by atoms with E-state index in [0.29, 0.717) is 22.3 Å². The van der Waals surface area contributed by atoms with Crippen molar-refractivity contribution in [3.8, 4) is 0 Å². The summed E-state index contributed by atoms with van der Waals surface area (Å²) in [5.74, 6) is -2.80. The van der Waals surface area contributed by atoms with Gasteiger partial charge in [-0.25, -0.2) is 0 Å². The molecule has 1 aliphatic rings. The minimum absolute atomic E-state index is 0.359. The monoisotopic (exact) mass is 572 g/mol. The molecule has 11 nitrogen and oxygen atoms in total. The number of aliphatic hydroxyl groups is 2. The van der Waals surface area contributed by atoms with Gasteiger partial charge in [0.2, 0.25) is 0 Å². The first kappa shape index (κ1) is 31.7. The number of ether oxygens (including phenoxy) is 5. The SMILES string of the molecule is CCc1ccc(C(O)c2cc([C@@H]3O[C@H](COC(C)=O)[C@@H](OC(C)=O)[C@H](OC(C)=O)[C@H]3OC(C)=O)ccc2CO)cc1. The van der Waals surface area contributed by atoms with Gasteiger partial charge >= 0.3 is 23.9 Å². The third kappa shape index (κ3) is 8.12. The molecule has 41 heavy (non-hydrogen) atoms. The number of benzene rings is 2. The van der Waals surface area contributed by atoms with Gasteiger partial charge in [-0.2, -0.15) is 0 Å². The third-order valence-corrected chi connectivity index (χ3v) is 6.66. The van der Waals surface area contributed by atoms with Crippen molar-refractivity contribution < 1.29 is 53.1 Å². The molecule has 0 aliphatic carbocycles. The number of aryl methyl sites for hydroxylation is 1. The van der Waals surface area contributed by atoms with Crippen LogP contribution in [0.2, 0.25) is 0 Å². The van der Waals surface area contributed by atoms with Crippen LogP contribution in [0.1, 0.15) is 74.6 Å². The van der Waals surface area contributed by atoms with Crippen molar-refractivity contribution in [3.63, 3.8) is 0 Å². The van der Waals surface area contributed by atoms with Crippen LogP contribution in [0.4, 0.5) is 0 Å². The fourth-order valence-electron chi connectivity index (χ4n) is 4.80. The van der Waals surface area contributed by atoms with Crippen molar-refractivity contribution in [2.24, 2.45) is 0 Å². The Morgan fingerprint density at radius 3 is 1.95 bits per heavy atom. The zero-order valence-electron chi connectivity index (χ0n) is 23.7. The van der Waals surface area contributed by atoms with Crippen molar-refractivity contribution in [1.82, 2.24) is 0 Å². The van der Waals surface area contributed by atoms with E-state index in [2.05, 4.69) is 0 Å². The Kier molecular flexibility index (Phi) is 11.0. The van der Waals surface area contributed by atoms with Gasteiger partial charge in [-0.15, -0.1) is 0 Å². The van der Waals surface area contributed by atoms with Gasteiger partial charge in [0.05, 0.1) is 6.61 Å². The second-order valence-electron chi connectivity index (χ2n) is 9.73. The third-order valence-electron chi connectivity index (χ3n) is 6.66. The van der Waals surface area contributed by atoms with Gasteiger partial charge in [-0.1, -0.05) is 43.3 Å². The molecule has 1 fully saturated rings. The molecule has 0 radical (unpaired) electrons. The van der Waals surface area contributed by atoms with Crippen LogP contribution < -0.4 is 0 Å². The second-order valence-corrected chi connectivity index (χ2v) is 9.73. The maximum atomic E-state index is 12.2. The molecule has 1 heterocycles. The van der Waals surface area contributed by atoms with Crippen LogP contribution in [0.15, 0.2) is 42.5 Å². The maximum Gasteiger partial charge on any atom is 0.303 e. The lowest BCUT2D eigenvalue weighted by Crippen LogP contribution is -2.59. The zero-order valence-corrected chi connectivity index (χ0v) is 23.7. The summed E-state index contributed by atoms with van der Waals surface area (Å²) in [7, 11) is 0. The van der Waals surface area contributed by atoms with Crippen LogP contribution in [0, 0.1) is 0 Å². The molecular formula is C30H36O11. The Hall–Kier alpha value is -3.80. The van der Waals surface area contributed by atoms with Crippen LogP contribution in [-0.4, -0.2) is 65.1 Å². The van der Waals surface area contributed by atoms with E-state index in [1.807, 2.05) is 19.1 Å². The Morgan fingerprint density at radius 1 is 0.829 bits per heavy atom. The summed E-state index contributed by atoms with van der Waals surface area (Å²) in [6, 6.07) is 12.2. The zero-order chi connectivity index (χ0) is 30.3. The normalized spacial score (nSPS) is 22.8. The molecule has 1 saturated heterocycles. The highest BCUT2D eigenvalue weighted by atomic mass is 16.7. The summed E-state index contributed by atoms with van der Waals surface area (Å²) in [5, 5.41) is 21.3. The lowest BCUT2D eigenvalue weighted by Gasteiger charge is -2.44. The summed E-state index contributed by atoms with van der Waals surface area (Å²) >= 11 is 0. The molecule has 1 unspecified atom stereocenters. The summed E-state index contributed by atoms with van der Waals surface area (Å²) < 4.78 is 27.9. The van der Waals surface area contributed by atoms with Crippen LogP contribution in [0.3, 0.4) is 0 Å². The summed E-state index contributed by atoms with van der Waals surface area (Å²) in [4.78, 5) is 47.9. The molecular weight excluding hydrogens is 536 g/mol. The minimum atomic E-state index is -1.33. The van der Waals surface area contributed by atoms with Crippen molar-refractivity contribution in [3.05, 3.63) is 70.3 Å². The topological polar surface area (TPSA) is 155 Å². The van der Waals surface area contributed by atoms with E-state index in [4.69, 9.17) is 23.7 Å². The number of rotatable bonds is 10. The van der Waals surface area contributed by atoms with Gasteiger partial charge in [0.15, 0.2) is 18.3 Å². The molecule has 11 heteroatoms. The smallest absolute Gasteiger partial charge is 0.303 e. The van der Waals surface area contributed by atoms with Crippen LogP contribution in [0.5, 0.6) is 0 Å². The highest BCUT2D eigenvalue weighted by Crippen LogP contribution is 2.39. The van der Waals surface area contributed by atoms with Gasteiger partial charge in [0.25, 0.3) is 0 Å². The highest BCUT2D eigenvalue weighted by molar-refractivity contribution is 5.69. The standard InChI is InChI=1S/C30H36O11/c1-6-20-7-9-21(10-8-20)26(36)24-13-22(11-12-23(24)14-31)27-29(39-18(4)34)30(40-19(5)35)28(38-17(3)33)25(41-27)15-37-16(2)32/h7-13,25-31,36H,6,14-15H2,1-5H3/t25-,26?,27+,28-,29+,30+/m1/s1. The molecule has 0 saturated carbocycles. The molecule has 2 aromatic carbocycles. The Labute approximate surface area is 238 Å². The Bertz CT molecular complexity index is 1240. The van der Waals surface area contributed by atoms with Crippen LogP contribution >= 0.6 is 0 Å². The van der Waals surface area contributed by atoms with E-state index in [9.17, 15) is 29.4 Å². The number of hydrogen-bond acceptors (Lipinski definition) is 11. The lowest BCUT2D eigenvalue weighted by molar-refractivity contribution is -0.254. The Balaban J connectivity index is 2.12. The first-order valence-electron chi connectivity index (χ1n) is 13.3. The first-order chi connectivity index (χ1) is 19.4. The summed E-state index contributed by atoms with van der Waals surface area (Å²) in [6.45, 7) is 5.95. The first-order valence-corrected chi connectivity index (χ1v) is 13.3. The van der Waals surface area contributed by atoms with E-state index in [1.54, 1.807) is 30.3 Å². The molecule has 0 amide bonds.